The largest absolute Gasteiger partial charge is 0.497 e. The van der Waals surface area contributed by atoms with E-state index in [1.165, 1.54) is 52.8 Å². The van der Waals surface area contributed by atoms with Gasteiger partial charge in [-0.25, -0.2) is 27.5 Å². The Labute approximate surface area is 197 Å². The number of anilines is 2. The van der Waals surface area contributed by atoms with Gasteiger partial charge in [-0.2, -0.15) is 4.98 Å². The molecule has 3 aromatic carbocycles. The standard InChI is InChI=1S/C25H18F3N5O2/c1-35-18-5-2-4-17(12-18)33-23-22(13-29-24(31-23)30-16-10-8-15(26)9-11-16)32(25(33)34)14-19-20(27)6-3-7-21(19)28/h2-13H,14H2,1H3,(H,29,30,31). The van der Waals surface area contributed by atoms with Gasteiger partial charge in [-0.15, -0.1) is 0 Å². The van der Waals surface area contributed by atoms with Gasteiger partial charge in [0.15, 0.2) is 5.65 Å². The van der Waals surface area contributed by atoms with Crippen LogP contribution in [0.15, 0.2) is 77.7 Å². The SMILES string of the molecule is COc1cccc(-n2c(=O)n(Cc3c(F)cccc3F)c3cnc(Nc4ccc(F)cc4)nc32)c1. The number of ether oxygens (including phenoxy) is 1. The van der Waals surface area contributed by atoms with Crippen molar-refractivity contribution in [1.82, 2.24) is 19.1 Å². The lowest BCUT2D eigenvalue weighted by Crippen LogP contribution is -2.24. The Morgan fingerprint density at radius 3 is 2.40 bits per heavy atom. The third-order valence-corrected chi connectivity index (χ3v) is 5.46. The molecule has 0 saturated carbocycles. The number of imidazole rings is 1. The van der Waals surface area contributed by atoms with Gasteiger partial charge in [0, 0.05) is 17.3 Å². The van der Waals surface area contributed by atoms with Crippen molar-refractivity contribution in [3.8, 4) is 11.4 Å². The molecule has 0 aliphatic rings. The van der Waals surface area contributed by atoms with E-state index in [-0.39, 0.29) is 29.2 Å². The molecule has 5 aromatic rings. The highest BCUT2D eigenvalue weighted by atomic mass is 19.1. The average molecular weight is 477 g/mol. The van der Waals surface area contributed by atoms with Crippen molar-refractivity contribution in [2.75, 3.05) is 12.4 Å². The molecule has 1 N–H and O–H groups in total. The molecule has 0 unspecified atom stereocenters. The number of hydrogen-bond acceptors (Lipinski definition) is 5. The molecule has 0 saturated heterocycles. The Kier molecular flexibility index (Phi) is 5.69. The van der Waals surface area contributed by atoms with Gasteiger partial charge in [0.1, 0.15) is 28.7 Å². The van der Waals surface area contributed by atoms with Crippen LogP contribution in [0, 0.1) is 17.5 Å². The van der Waals surface area contributed by atoms with E-state index in [0.717, 1.165) is 12.1 Å². The first-order valence-electron chi connectivity index (χ1n) is 10.5. The van der Waals surface area contributed by atoms with Crippen LogP contribution in [0.1, 0.15) is 5.56 Å². The third kappa shape index (κ3) is 4.21. The van der Waals surface area contributed by atoms with Crippen molar-refractivity contribution in [2.24, 2.45) is 0 Å². The minimum absolute atomic E-state index is 0.148. The molecular formula is C25H18F3N5O2. The molecule has 0 aliphatic heterocycles. The van der Waals surface area contributed by atoms with E-state index in [1.54, 1.807) is 24.3 Å². The molecule has 10 heteroatoms. The van der Waals surface area contributed by atoms with Gasteiger partial charge in [0.05, 0.1) is 25.5 Å². The number of hydrogen-bond donors (Lipinski definition) is 1. The second kappa shape index (κ2) is 8.98. The maximum absolute atomic E-state index is 14.4. The zero-order chi connectivity index (χ0) is 24.5. The number of methoxy groups -OCH3 is 1. The maximum atomic E-state index is 14.4. The van der Waals surface area contributed by atoms with Gasteiger partial charge in [0.25, 0.3) is 0 Å². The number of benzene rings is 3. The van der Waals surface area contributed by atoms with Gasteiger partial charge in [-0.1, -0.05) is 12.1 Å². The summed E-state index contributed by atoms with van der Waals surface area (Å²) in [5.41, 5.74) is 0.633. The minimum Gasteiger partial charge on any atom is -0.497 e. The molecule has 0 spiro atoms. The summed E-state index contributed by atoms with van der Waals surface area (Å²) >= 11 is 0. The lowest BCUT2D eigenvalue weighted by molar-refractivity contribution is 0.414. The van der Waals surface area contributed by atoms with Crippen LogP contribution >= 0.6 is 0 Å². The van der Waals surface area contributed by atoms with E-state index in [9.17, 15) is 18.0 Å². The van der Waals surface area contributed by atoms with Crippen molar-refractivity contribution in [2.45, 2.75) is 6.54 Å². The molecule has 2 aromatic heterocycles. The van der Waals surface area contributed by atoms with Crippen LogP contribution in [-0.2, 0) is 6.54 Å². The number of aromatic nitrogens is 4. The highest BCUT2D eigenvalue weighted by Crippen LogP contribution is 2.23. The number of halogens is 3. The predicted octanol–water partition coefficient (Wildman–Crippen LogP) is 4.80. The van der Waals surface area contributed by atoms with Crippen LogP contribution in [0.25, 0.3) is 16.9 Å². The molecule has 2 heterocycles. The summed E-state index contributed by atoms with van der Waals surface area (Å²) in [6, 6.07) is 15.9. The number of fused-ring (bicyclic) bond motifs is 1. The zero-order valence-corrected chi connectivity index (χ0v) is 18.4. The molecule has 0 atom stereocenters. The summed E-state index contributed by atoms with van der Waals surface area (Å²) in [5.74, 6) is -1.27. The Balaban J connectivity index is 1.69. The Morgan fingerprint density at radius 2 is 1.69 bits per heavy atom. The predicted molar refractivity (Wildman–Crippen MR) is 125 cm³/mol. The van der Waals surface area contributed by atoms with Crippen LogP contribution in [0.3, 0.4) is 0 Å². The van der Waals surface area contributed by atoms with Crippen LogP contribution in [0.5, 0.6) is 5.75 Å². The second-order valence-corrected chi connectivity index (χ2v) is 7.64. The van der Waals surface area contributed by atoms with Crippen molar-refractivity contribution in [1.29, 1.82) is 0 Å². The molecular weight excluding hydrogens is 459 g/mol. The average Bonchev–Trinajstić information content (AvgIpc) is 3.13. The normalized spacial score (nSPS) is 11.1. The Morgan fingerprint density at radius 1 is 0.971 bits per heavy atom. The second-order valence-electron chi connectivity index (χ2n) is 7.64. The van der Waals surface area contributed by atoms with E-state index in [0.29, 0.717) is 17.1 Å². The van der Waals surface area contributed by atoms with Crippen LogP contribution in [-0.4, -0.2) is 26.2 Å². The molecule has 0 aliphatic carbocycles. The van der Waals surface area contributed by atoms with E-state index in [2.05, 4.69) is 15.3 Å². The van der Waals surface area contributed by atoms with E-state index in [4.69, 9.17) is 4.74 Å². The first kappa shape index (κ1) is 22.2. The van der Waals surface area contributed by atoms with E-state index in [1.807, 2.05) is 0 Å². The van der Waals surface area contributed by atoms with Gasteiger partial charge < -0.3 is 10.1 Å². The Bertz CT molecular complexity index is 1580. The van der Waals surface area contributed by atoms with Crippen LogP contribution < -0.4 is 15.7 Å². The lowest BCUT2D eigenvalue weighted by atomic mass is 10.2. The molecule has 176 valence electrons. The number of rotatable bonds is 6. The van der Waals surface area contributed by atoms with Crippen LogP contribution in [0.4, 0.5) is 24.8 Å². The van der Waals surface area contributed by atoms with E-state index >= 15 is 0 Å². The van der Waals surface area contributed by atoms with Crippen molar-refractivity contribution in [3.63, 3.8) is 0 Å². The quantitative estimate of drug-likeness (QED) is 0.380. The van der Waals surface area contributed by atoms with Crippen molar-refractivity contribution < 1.29 is 17.9 Å². The van der Waals surface area contributed by atoms with Gasteiger partial charge in [0.2, 0.25) is 5.95 Å². The molecule has 5 rings (SSSR count). The first-order valence-corrected chi connectivity index (χ1v) is 10.5. The molecule has 0 bridgehead atoms. The highest BCUT2D eigenvalue weighted by molar-refractivity contribution is 5.75. The van der Waals surface area contributed by atoms with Crippen molar-refractivity contribution in [3.05, 3.63) is 106 Å². The minimum atomic E-state index is -0.769. The Hall–Kier alpha value is -4.60. The lowest BCUT2D eigenvalue weighted by Gasteiger charge is -2.07. The third-order valence-electron chi connectivity index (χ3n) is 5.46. The summed E-state index contributed by atoms with van der Waals surface area (Å²) in [6.45, 7) is -0.362. The topological polar surface area (TPSA) is 74.0 Å². The van der Waals surface area contributed by atoms with Crippen LogP contribution in [0.2, 0.25) is 0 Å². The molecule has 0 fully saturated rings. The summed E-state index contributed by atoms with van der Waals surface area (Å²) < 4.78 is 49.8. The monoisotopic (exact) mass is 477 g/mol. The molecule has 0 radical (unpaired) electrons. The first-order chi connectivity index (χ1) is 16.9. The van der Waals surface area contributed by atoms with Gasteiger partial charge in [-0.05, 0) is 48.5 Å². The molecule has 7 nitrogen and oxygen atoms in total. The van der Waals surface area contributed by atoms with Crippen molar-refractivity contribution >= 4 is 22.8 Å². The fourth-order valence-electron chi connectivity index (χ4n) is 3.73. The molecule has 35 heavy (non-hydrogen) atoms. The highest BCUT2D eigenvalue weighted by Gasteiger charge is 2.20. The zero-order valence-electron chi connectivity index (χ0n) is 18.4. The molecule has 0 amide bonds. The van der Waals surface area contributed by atoms with E-state index < -0.39 is 23.1 Å². The fraction of sp³-hybridized carbons (Fsp3) is 0.0800. The summed E-state index contributed by atoms with van der Waals surface area (Å²) in [6.07, 6.45) is 1.39. The number of nitrogens with one attached hydrogen (secondary N) is 1. The van der Waals surface area contributed by atoms with Gasteiger partial charge >= 0.3 is 5.69 Å². The summed E-state index contributed by atoms with van der Waals surface area (Å²) in [5, 5.41) is 2.96. The fourth-order valence-corrected chi connectivity index (χ4v) is 3.73. The number of nitrogens with zero attached hydrogens (tertiary/aromatic N) is 4. The maximum Gasteiger partial charge on any atom is 0.335 e. The smallest absolute Gasteiger partial charge is 0.335 e. The summed E-state index contributed by atoms with van der Waals surface area (Å²) in [7, 11) is 1.50. The van der Waals surface area contributed by atoms with Gasteiger partial charge in [-0.3, -0.25) is 4.57 Å². The summed E-state index contributed by atoms with van der Waals surface area (Å²) in [4.78, 5) is 22.3.